The van der Waals surface area contributed by atoms with Crippen molar-refractivity contribution < 1.29 is 0 Å². The van der Waals surface area contributed by atoms with E-state index in [1.54, 1.807) is 0 Å². The minimum atomic E-state index is 0.846. The van der Waals surface area contributed by atoms with Crippen LogP contribution in [0, 0.1) is 0 Å². The molecule has 0 saturated carbocycles. The lowest BCUT2D eigenvalue weighted by molar-refractivity contribution is 1.17. The Balaban J connectivity index is 1.01. The summed E-state index contributed by atoms with van der Waals surface area (Å²) < 4.78 is 4.71. The number of benzene rings is 6. The van der Waals surface area contributed by atoms with Crippen LogP contribution in [0.4, 0.5) is 0 Å². The van der Waals surface area contributed by atoms with E-state index < -0.39 is 0 Å². The van der Waals surface area contributed by atoms with Crippen LogP contribution in [-0.2, 0) is 6.42 Å². The molecular formula is C47H30N4. The van der Waals surface area contributed by atoms with Crippen molar-refractivity contribution in [3.8, 4) is 45.0 Å². The van der Waals surface area contributed by atoms with Crippen molar-refractivity contribution in [2.45, 2.75) is 6.42 Å². The Morgan fingerprint density at radius 3 is 1.25 bits per heavy atom. The second kappa shape index (κ2) is 10.9. The molecule has 4 heteroatoms. The normalized spacial score (nSPS) is 12.2. The molecule has 0 atom stereocenters. The van der Waals surface area contributed by atoms with Crippen molar-refractivity contribution in [2.75, 3.05) is 0 Å². The Labute approximate surface area is 294 Å². The zero-order valence-electron chi connectivity index (χ0n) is 27.7. The summed E-state index contributed by atoms with van der Waals surface area (Å²) in [5.41, 5.74) is 16.3. The van der Waals surface area contributed by atoms with Crippen molar-refractivity contribution in [3.63, 3.8) is 0 Å². The number of hydrogen-bond donors (Lipinski definition) is 0. The van der Waals surface area contributed by atoms with Gasteiger partial charge in [-0.15, -0.1) is 0 Å². The molecule has 1 aliphatic carbocycles. The third-order valence-corrected chi connectivity index (χ3v) is 10.6. The lowest BCUT2D eigenvalue weighted by atomic mass is 10.0. The minimum Gasteiger partial charge on any atom is -0.309 e. The largest absolute Gasteiger partial charge is 0.309 e. The molecule has 0 saturated heterocycles. The Morgan fingerprint density at radius 1 is 0.373 bits per heavy atom. The van der Waals surface area contributed by atoms with Gasteiger partial charge in [0.15, 0.2) is 0 Å². The van der Waals surface area contributed by atoms with Crippen LogP contribution < -0.4 is 0 Å². The van der Waals surface area contributed by atoms with Crippen LogP contribution in [0.5, 0.6) is 0 Å². The summed E-state index contributed by atoms with van der Waals surface area (Å²) in [7, 11) is 0. The molecule has 0 N–H and O–H groups in total. The summed E-state index contributed by atoms with van der Waals surface area (Å²) >= 11 is 0. The van der Waals surface area contributed by atoms with Crippen molar-refractivity contribution in [3.05, 3.63) is 181 Å². The fourth-order valence-corrected chi connectivity index (χ4v) is 8.25. The Bertz CT molecular complexity index is 2780. The Hall–Kier alpha value is -6.78. The molecule has 4 heterocycles. The number of aromatic nitrogens is 4. The third kappa shape index (κ3) is 4.26. The van der Waals surface area contributed by atoms with Gasteiger partial charge in [0.05, 0.1) is 33.5 Å². The van der Waals surface area contributed by atoms with Gasteiger partial charge in [-0.2, -0.15) is 0 Å². The van der Waals surface area contributed by atoms with Gasteiger partial charge in [0, 0.05) is 62.9 Å². The third-order valence-electron chi connectivity index (χ3n) is 10.6. The predicted molar refractivity (Wildman–Crippen MR) is 210 cm³/mol. The highest BCUT2D eigenvalue weighted by atomic mass is 15.0. The second-order valence-electron chi connectivity index (χ2n) is 13.5. The molecule has 0 amide bonds. The summed E-state index contributed by atoms with van der Waals surface area (Å²) in [6.45, 7) is 0. The fourth-order valence-electron chi connectivity index (χ4n) is 8.25. The van der Waals surface area contributed by atoms with Gasteiger partial charge in [0.2, 0.25) is 0 Å². The number of pyridine rings is 2. The van der Waals surface area contributed by atoms with E-state index in [1.165, 1.54) is 65.9 Å². The summed E-state index contributed by atoms with van der Waals surface area (Å²) in [5, 5.41) is 4.93. The maximum atomic E-state index is 5.00. The Morgan fingerprint density at radius 2 is 0.784 bits per heavy atom. The molecule has 0 bridgehead atoms. The molecule has 10 aromatic rings. The summed E-state index contributed by atoms with van der Waals surface area (Å²) in [4.78, 5) is 9.99. The molecule has 0 radical (unpaired) electrons. The van der Waals surface area contributed by atoms with Crippen LogP contribution >= 0.6 is 0 Å². The van der Waals surface area contributed by atoms with Crippen LogP contribution in [0.1, 0.15) is 11.1 Å². The SMILES string of the molecule is c1ccc(-n2c3ccccc3c3cc(-c4cc5c(cn4)Cc4cnc(-c6ccc7c(c6)c6ccccc6n7-c6ccccc6)cc4-5)ccc32)cc1. The van der Waals surface area contributed by atoms with E-state index in [0.717, 1.165) is 40.3 Å². The van der Waals surface area contributed by atoms with E-state index in [0.29, 0.717) is 0 Å². The fraction of sp³-hybridized carbons (Fsp3) is 0.0213. The lowest BCUT2D eigenvalue weighted by Gasteiger charge is -2.09. The van der Waals surface area contributed by atoms with Crippen molar-refractivity contribution >= 4 is 43.6 Å². The highest BCUT2D eigenvalue weighted by molar-refractivity contribution is 6.11. The average molecular weight is 651 g/mol. The molecule has 0 spiro atoms. The van der Waals surface area contributed by atoms with Crippen LogP contribution in [0.15, 0.2) is 170 Å². The van der Waals surface area contributed by atoms with Crippen LogP contribution in [-0.4, -0.2) is 19.1 Å². The highest BCUT2D eigenvalue weighted by Gasteiger charge is 2.22. The van der Waals surface area contributed by atoms with Crippen molar-refractivity contribution in [2.24, 2.45) is 0 Å². The van der Waals surface area contributed by atoms with Gasteiger partial charge in [0.1, 0.15) is 0 Å². The van der Waals surface area contributed by atoms with E-state index in [4.69, 9.17) is 9.97 Å². The molecule has 6 aromatic carbocycles. The minimum absolute atomic E-state index is 0.846. The van der Waals surface area contributed by atoms with Crippen LogP contribution in [0.3, 0.4) is 0 Å². The summed E-state index contributed by atoms with van der Waals surface area (Å²) in [6, 6.07) is 56.6. The molecule has 0 fully saturated rings. The van der Waals surface area contributed by atoms with Crippen LogP contribution in [0.2, 0.25) is 0 Å². The van der Waals surface area contributed by atoms with E-state index in [9.17, 15) is 0 Å². The van der Waals surface area contributed by atoms with Gasteiger partial charge >= 0.3 is 0 Å². The standard InChI is InChI=1S/C47H30N4/c1-3-11-34(12-4-1)50-44-17-9-7-15-36(44)40-24-30(19-21-46(40)50)42-26-38-32(28-48-42)23-33-29-49-43(27-39(33)38)31-20-22-47-41(25-31)37-16-8-10-18-45(37)51(47)35-13-5-2-6-14-35/h1-22,24-29H,23H2. The zero-order chi connectivity index (χ0) is 33.5. The molecule has 238 valence electrons. The van der Waals surface area contributed by atoms with Gasteiger partial charge in [-0.1, -0.05) is 84.9 Å². The van der Waals surface area contributed by atoms with Crippen molar-refractivity contribution in [1.82, 2.24) is 19.1 Å². The molecule has 4 aromatic heterocycles. The molecular weight excluding hydrogens is 621 g/mol. The highest BCUT2D eigenvalue weighted by Crippen LogP contribution is 2.42. The summed E-state index contributed by atoms with van der Waals surface area (Å²) in [6.07, 6.45) is 4.97. The van der Waals surface area contributed by atoms with Gasteiger partial charge in [-0.05, 0) is 95.1 Å². The molecule has 51 heavy (non-hydrogen) atoms. The topological polar surface area (TPSA) is 35.6 Å². The van der Waals surface area contributed by atoms with Crippen molar-refractivity contribution in [1.29, 1.82) is 0 Å². The number of rotatable bonds is 4. The Kier molecular flexibility index (Phi) is 5.98. The first kappa shape index (κ1) is 28.1. The van der Waals surface area contributed by atoms with E-state index in [2.05, 4.69) is 179 Å². The monoisotopic (exact) mass is 650 g/mol. The average Bonchev–Trinajstić information content (AvgIpc) is 3.85. The number of hydrogen-bond acceptors (Lipinski definition) is 2. The zero-order valence-corrected chi connectivity index (χ0v) is 27.7. The van der Waals surface area contributed by atoms with E-state index in [-0.39, 0.29) is 0 Å². The summed E-state index contributed by atoms with van der Waals surface area (Å²) in [5.74, 6) is 0. The maximum Gasteiger partial charge on any atom is 0.0708 e. The maximum absolute atomic E-state index is 5.00. The second-order valence-corrected chi connectivity index (χ2v) is 13.5. The molecule has 0 unspecified atom stereocenters. The van der Waals surface area contributed by atoms with Gasteiger partial charge < -0.3 is 9.13 Å². The quantitative estimate of drug-likeness (QED) is 0.190. The predicted octanol–water partition coefficient (Wildman–Crippen LogP) is 11.6. The smallest absolute Gasteiger partial charge is 0.0708 e. The van der Waals surface area contributed by atoms with Gasteiger partial charge in [0.25, 0.3) is 0 Å². The van der Waals surface area contributed by atoms with E-state index >= 15 is 0 Å². The molecule has 11 rings (SSSR count). The molecule has 0 aliphatic heterocycles. The van der Waals surface area contributed by atoms with Gasteiger partial charge in [-0.3, -0.25) is 9.97 Å². The number of para-hydroxylation sites is 4. The van der Waals surface area contributed by atoms with E-state index in [1.807, 2.05) is 0 Å². The van der Waals surface area contributed by atoms with Crippen LogP contribution in [0.25, 0.3) is 88.6 Å². The van der Waals surface area contributed by atoms with Gasteiger partial charge in [-0.25, -0.2) is 0 Å². The molecule has 4 nitrogen and oxygen atoms in total. The lowest BCUT2D eigenvalue weighted by Crippen LogP contribution is -1.93. The first-order chi connectivity index (χ1) is 25.3. The number of nitrogens with zero attached hydrogens (tertiary/aromatic N) is 4. The molecule has 1 aliphatic rings. The first-order valence-corrected chi connectivity index (χ1v) is 17.4. The number of fused-ring (bicyclic) bond motifs is 9. The first-order valence-electron chi connectivity index (χ1n) is 17.4.